The third-order valence-corrected chi connectivity index (χ3v) is 5.20. The molecule has 0 aromatic heterocycles. The molecule has 8 heteroatoms. The Morgan fingerprint density at radius 3 is 1.76 bits per heavy atom. The van der Waals surface area contributed by atoms with E-state index in [2.05, 4.69) is 0 Å². The molecule has 2 aromatic rings. The second kappa shape index (κ2) is 6.41. The molecule has 0 saturated heterocycles. The van der Waals surface area contributed by atoms with Crippen LogP contribution in [0.4, 0.5) is 0 Å². The van der Waals surface area contributed by atoms with Crippen LogP contribution in [0.25, 0.3) is 11.1 Å². The van der Waals surface area contributed by atoms with Gasteiger partial charge in [0.15, 0.2) is 0 Å². The SMILES string of the molecule is O=C(O)c1ccc(Cl)cc1-c1c(Cl)c(Cl)c(Cl)c(Cl)c1Cl. The minimum atomic E-state index is -1.17. The van der Waals surface area contributed by atoms with Gasteiger partial charge in [0.25, 0.3) is 0 Å². The predicted molar refractivity (Wildman–Crippen MR) is 88.9 cm³/mol. The van der Waals surface area contributed by atoms with Crippen LogP contribution in [0.3, 0.4) is 0 Å². The van der Waals surface area contributed by atoms with Crippen LogP contribution in [0, 0.1) is 0 Å². The van der Waals surface area contributed by atoms with Crippen LogP contribution in [0.2, 0.25) is 30.1 Å². The Morgan fingerprint density at radius 2 is 1.29 bits per heavy atom. The molecule has 0 saturated carbocycles. The maximum Gasteiger partial charge on any atom is 0.336 e. The topological polar surface area (TPSA) is 37.3 Å². The van der Waals surface area contributed by atoms with Gasteiger partial charge in [-0.05, 0) is 18.2 Å². The Morgan fingerprint density at radius 1 is 0.810 bits per heavy atom. The summed E-state index contributed by atoms with van der Waals surface area (Å²) >= 11 is 36.1. The lowest BCUT2D eigenvalue weighted by Crippen LogP contribution is -2.00. The van der Waals surface area contributed by atoms with Crippen LogP contribution in [-0.2, 0) is 0 Å². The van der Waals surface area contributed by atoms with E-state index < -0.39 is 5.97 Å². The van der Waals surface area contributed by atoms with Gasteiger partial charge in [-0.1, -0.05) is 69.6 Å². The number of rotatable bonds is 2. The highest BCUT2D eigenvalue weighted by Crippen LogP contribution is 2.49. The predicted octanol–water partition coefficient (Wildman–Crippen LogP) is 6.97. The number of benzene rings is 2. The summed E-state index contributed by atoms with van der Waals surface area (Å²) in [5, 5.41) is 9.55. The van der Waals surface area contributed by atoms with Gasteiger partial charge in [-0.2, -0.15) is 0 Å². The number of carboxylic acid groups (broad SMARTS) is 1. The molecule has 0 heterocycles. The van der Waals surface area contributed by atoms with E-state index in [0.717, 1.165) is 0 Å². The van der Waals surface area contributed by atoms with Gasteiger partial charge in [0, 0.05) is 16.1 Å². The Bertz CT molecular complexity index is 728. The quantitative estimate of drug-likeness (QED) is 0.433. The van der Waals surface area contributed by atoms with E-state index in [-0.39, 0.29) is 41.8 Å². The van der Waals surface area contributed by atoms with Gasteiger partial charge < -0.3 is 5.11 Å². The van der Waals surface area contributed by atoms with Crippen molar-refractivity contribution in [3.63, 3.8) is 0 Å². The lowest BCUT2D eigenvalue weighted by Gasteiger charge is -2.14. The number of hydrogen-bond acceptors (Lipinski definition) is 1. The normalized spacial score (nSPS) is 10.8. The zero-order valence-electron chi connectivity index (χ0n) is 9.86. The van der Waals surface area contributed by atoms with Gasteiger partial charge in [-0.15, -0.1) is 0 Å². The third-order valence-electron chi connectivity index (χ3n) is 2.69. The van der Waals surface area contributed by atoms with Crippen molar-refractivity contribution in [1.82, 2.24) is 0 Å². The molecule has 21 heavy (non-hydrogen) atoms. The Hall–Kier alpha value is -0.350. The van der Waals surface area contributed by atoms with Gasteiger partial charge in [0.2, 0.25) is 0 Å². The fourth-order valence-electron chi connectivity index (χ4n) is 1.75. The Labute approximate surface area is 150 Å². The van der Waals surface area contributed by atoms with E-state index in [1.54, 1.807) is 0 Å². The number of carbonyl (C=O) groups is 1. The summed E-state index contributed by atoms with van der Waals surface area (Å²) in [6, 6.07) is 4.19. The molecule has 0 fully saturated rings. The van der Waals surface area contributed by atoms with Gasteiger partial charge in [-0.3, -0.25) is 0 Å². The molecule has 0 amide bonds. The maximum atomic E-state index is 11.3. The van der Waals surface area contributed by atoms with Crippen LogP contribution in [0.1, 0.15) is 10.4 Å². The van der Waals surface area contributed by atoms with Crippen molar-refractivity contribution >= 4 is 75.6 Å². The lowest BCUT2D eigenvalue weighted by molar-refractivity contribution is 0.0698. The first-order valence-corrected chi connectivity index (χ1v) is 7.57. The van der Waals surface area contributed by atoms with E-state index in [1.165, 1.54) is 18.2 Å². The average Bonchev–Trinajstić information content (AvgIpc) is 2.43. The molecule has 0 spiro atoms. The lowest BCUT2D eigenvalue weighted by atomic mass is 9.99. The fraction of sp³-hybridized carbons (Fsp3) is 0. The molecule has 0 aliphatic heterocycles. The van der Waals surface area contributed by atoms with Crippen molar-refractivity contribution in [3.05, 3.63) is 53.9 Å². The number of halogens is 6. The number of aromatic carboxylic acids is 1. The molecular weight excluding hydrogens is 401 g/mol. The standard InChI is InChI=1S/C13H4Cl6O2/c14-4-1-2-5(13(20)21)6(3-4)7-8(15)10(17)12(19)11(18)9(7)16/h1-3H,(H,20,21). The van der Waals surface area contributed by atoms with E-state index in [1.807, 2.05) is 0 Å². The molecule has 2 nitrogen and oxygen atoms in total. The summed E-state index contributed by atoms with van der Waals surface area (Å²) in [4.78, 5) is 11.3. The van der Waals surface area contributed by atoms with Crippen LogP contribution in [0.5, 0.6) is 0 Å². The van der Waals surface area contributed by atoms with Gasteiger partial charge in [0.05, 0.1) is 30.7 Å². The maximum absolute atomic E-state index is 11.3. The highest BCUT2D eigenvalue weighted by atomic mass is 35.5. The molecule has 0 bridgehead atoms. The van der Waals surface area contributed by atoms with Crippen molar-refractivity contribution in [2.24, 2.45) is 0 Å². The molecule has 0 aliphatic rings. The van der Waals surface area contributed by atoms with E-state index >= 15 is 0 Å². The molecule has 0 aliphatic carbocycles. The van der Waals surface area contributed by atoms with Crippen molar-refractivity contribution in [2.45, 2.75) is 0 Å². The molecule has 0 unspecified atom stereocenters. The largest absolute Gasteiger partial charge is 0.478 e. The van der Waals surface area contributed by atoms with Crippen LogP contribution < -0.4 is 0 Å². The highest BCUT2D eigenvalue weighted by molar-refractivity contribution is 6.56. The van der Waals surface area contributed by atoms with E-state index in [9.17, 15) is 9.90 Å². The molecule has 1 N–H and O–H groups in total. The second-order valence-corrected chi connectivity index (χ2v) is 6.27. The molecule has 110 valence electrons. The zero-order chi connectivity index (χ0) is 15.9. The molecule has 2 rings (SSSR count). The Balaban J connectivity index is 2.92. The van der Waals surface area contributed by atoms with Crippen LogP contribution in [0.15, 0.2) is 18.2 Å². The van der Waals surface area contributed by atoms with Crippen molar-refractivity contribution in [3.8, 4) is 11.1 Å². The van der Waals surface area contributed by atoms with Gasteiger partial charge in [-0.25, -0.2) is 4.79 Å². The first kappa shape index (κ1) is 17.0. The second-order valence-electron chi connectivity index (χ2n) is 3.94. The van der Waals surface area contributed by atoms with Crippen molar-refractivity contribution < 1.29 is 9.90 Å². The van der Waals surface area contributed by atoms with Crippen molar-refractivity contribution in [1.29, 1.82) is 0 Å². The van der Waals surface area contributed by atoms with E-state index in [0.29, 0.717) is 5.02 Å². The monoisotopic (exact) mass is 402 g/mol. The molecule has 0 radical (unpaired) electrons. The summed E-state index contributed by atoms with van der Waals surface area (Å²) in [6.45, 7) is 0. The summed E-state index contributed by atoms with van der Waals surface area (Å²) in [5.41, 5.74) is 0.320. The molecular formula is C13H4Cl6O2. The minimum Gasteiger partial charge on any atom is -0.478 e. The summed E-state index contributed by atoms with van der Waals surface area (Å²) in [7, 11) is 0. The average molecular weight is 405 g/mol. The van der Waals surface area contributed by atoms with Crippen molar-refractivity contribution in [2.75, 3.05) is 0 Å². The highest BCUT2D eigenvalue weighted by Gasteiger charge is 2.24. The molecule has 2 aromatic carbocycles. The smallest absolute Gasteiger partial charge is 0.336 e. The number of hydrogen-bond donors (Lipinski definition) is 1. The van der Waals surface area contributed by atoms with Crippen LogP contribution in [-0.4, -0.2) is 11.1 Å². The number of carboxylic acids is 1. The Kier molecular flexibility index (Phi) is 5.19. The van der Waals surface area contributed by atoms with Crippen LogP contribution >= 0.6 is 69.6 Å². The van der Waals surface area contributed by atoms with E-state index in [4.69, 9.17) is 69.6 Å². The zero-order valence-corrected chi connectivity index (χ0v) is 14.4. The van der Waals surface area contributed by atoms with Gasteiger partial charge in [0.1, 0.15) is 0 Å². The minimum absolute atomic E-state index is 0.000772. The summed E-state index contributed by atoms with van der Waals surface area (Å²) in [6.07, 6.45) is 0. The fourth-order valence-corrected chi connectivity index (χ4v) is 3.27. The molecule has 0 atom stereocenters. The first-order valence-electron chi connectivity index (χ1n) is 5.30. The summed E-state index contributed by atoms with van der Waals surface area (Å²) < 4.78 is 0. The third kappa shape index (κ3) is 3.07. The summed E-state index contributed by atoms with van der Waals surface area (Å²) in [5.74, 6) is -1.17. The first-order chi connectivity index (χ1) is 9.75. The van der Waals surface area contributed by atoms with Gasteiger partial charge >= 0.3 is 5.97 Å².